The molecule has 1 saturated heterocycles. The molecular weight excluding hydrogens is 298 g/mol. The third-order valence-electron chi connectivity index (χ3n) is 5.56. The second-order valence-corrected chi connectivity index (χ2v) is 7.34. The Kier molecular flexibility index (Phi) is 4.07. The van der Waals surface area contributed by atoms with Crippen molar-refractivity contribution < 1.29 is 9.57 Å². The highest BCUT2D eigenvalue weighted by molar-refractivity contribution is 5.34. The van der Waals surface area contributed by atoms with E-state index in [2.05, 4.69) is 31.0 Å². The number of nitrogens with zero attached hydrogens (tertiary/aromatic N) is 1. The Morgan fingerprint density at radius 3 is 2.58 bits per heavy atom. The lowest BCUT2D eigenvalue weighted by atomic mass is 10.0. The maximum Gasteiger partial charge on any atom is 0.127 e. The van der Waals surface area contributed by atoms with Crippen molar-refractivity contribution >= 4 is 0 Å². The second kappa shape index (κ2) is 6.23. The average molecular weight is 323 g/mol. The van der Waals surface area contributed by atoms with Crippen molar-refractivity contribution in [1.82, 2.24) is 5.06 Å². The number of benzene rings is 2. The summed E-state index contributed by atoms with van der Waals surface area (Å²) >= 11 is 0. The summed E-state index contributed by atoms with van der Waals surface area (Å²) in [4.78, 5) is 6.26. The monoisotopic (exact) mass is 323 g/mol. The van der Waals surface area contributed by atoms with Crippen LogP contribution in [0, 0.1) is 5.41 Å². The molecule has 126 valence electrons. The summed E-state index contributed by atoms with van der Waals surface area (Å²) in [5.41, 5.74) is 1.65. The van der Waals surface area contributed by atoms with E-state index in [1.807, 2.05) is 42.5 Å². The molecule has 2 aromatic rings. The lowest BCUT2D eigenvalue weighted by molar-refractivity contribution is -0.182. The predicted octanol–water partition coefficient (Wildman–Crippen LogP) is 5.35. The van der Waals surface area contributed by atoms with E-state index >= 15 is 0 Å². The maximum atomic E-state index is 6.26. The summed E-state index contributed by atoms with van der Waals surface area (Å²) < 4.78 is 5.95. The first kappa shape index (κ1) is 15.7. The normalized spacial score (nSPS) is 23.8. The summed E-state index contributed by atoms with van der Waals surface area (Å²) in [5, 5.41) is 2.20. The van der Waals surface area contributed by atoms with Gasteiger partial charge in [0.05, 0.1) is 0 Å². The molecule has 1 aliphatic carbocycles. The molecule has 3 nitrogen and oxygen atoms in total. The van der Waals surface area contributed by atoms with Crippen LogP contribution in [0.4, 0.5) is 0 Å². The van der Waals surface area contributed by atoms with Crippen molar-refractivity contribution in [3.05, 3.63) is 60.2 Å². The van der Waals surface area contributed by atoms with Gasteiger partial charge < -0.3 is 4.74 Å². The third-order valence-corrected chi connectivity index (χ3v) is 5.56. The van der Waals surface area contributed by atoms with Gasteiger partial charge in [-0.3, -0.25) is 4.84 Å². The van der Waals surface area contributed by atoms with Crippen LogP contribution < -0.4 is 4.74 Å². The Morgan fingerprint density at radius 1 is 1.08 bits per heavy atom. The summed E-state index contributed by atoms with van der Waals surface area (Å²) in [6, 6.07) is 18.7. The highest BCUT2D eigenvalue weighted by Crippen LogP contribution is 2.51. The first-order valence-electron chi connectivity index (χ1n) is 8.90. The molecule has 2 aliphatic rings. The van der Waals surface area contributed by atoms with Crippen molar-refractivity contribution in [2.45, 2.75) is 45.3 Å². The van der Waals surface area contributed by atoms with Crippen LogP contribution in [0.15, 0.2) is 54.6 Å². The van der Waals surface area contributed by atoms with Gasteiger partial charge in [-0.2, -0.15) is 5.06 Å². The van der Waals surface area contributed by atoms with Gasteiger partial charge >= 0.3 is 0 Å². The maximum absolute atomic E-state index is 6.26. The molecule has 24 heavy (non-hydrogen) atoms. The number of ether oxygens (including phenoxy) is 1. The van der Waals surface area contributed by atoms with Crippen LogP contribution in [0.25, 0.3) is 0 Å². The second-order valence-electron chi connectivity index (χ2n) is 7.34. The van der Waals surface area contributed by atoms with Crippen molar-refractivity contribution in [2.24, 2.45) is 5.41 Å². The van der Waals surface area contributed by atoms with Gasteiger partial charge in [-0.1, -0.05) is 37.3 Å². The van der Waals surface area contributed by atoms with Crippen molar-refractivity contribution in [3.8, 4) is 11.5 Å². The number of hydrogen-bond donors (Lipinski definition) is 0. The topological polar surface area (TPSA) is 21.7 Å². The van der Waals surface area contributed by atoms with Crippen LogP contribution in [-0.2, 0) is 4.84 Å². The summed E-state index contributed by atoms with van der Waals surface area (Å²) in [6.07, 6.45) is 3.81. The summed E-state index contributed by atoms with van der Waals surface area (Å²) in [5.74, 6) is 1.72. The molecule has 2 fully saturated rings. The Bertz CT molecular complexity index is 696. The Hall–Kier alpha value is -1.84. The highest BCUT2D eigenvalue weighted by atomic mass is 16.7. The van der Waals surface area contributed by atoms with E-state index in [0.29, 0.717) is 11.5 Å². The molecular formula is C21H25NO2. The van der Waals surface area contributed by atoms with Crippen LogP contribution in [0.1, 0.15) is 44.8 Å². The molecule has 0 spiro atoms. The summed E-state index contributed by atoms with van der Waals surface area (Å²) in [6.45, 7) is 5.66. The van der Waals surface area contributed by atoms with E-state index in [1.165, 1.54) is 18.4 Å². The minimum absolute atomic E-state index is 0.133. The lowest BCUT2D eigenvalue weighted by Crippen LogP contribution is -2.35. The fourth-order valence-corrected chi connectivity index (χ4v) is 3.39. The van der Waals surface area contributed by atoms with E-state index in [4.69, 9.17) is 9.57 Å². The average Bonchev–Trinajstić information content (AvgIpc) is 3.18. The first-order valence-corrected chi connectivity index (χ1v) is 8.90. The minimum Gasteiger partial charge on any atom is -0.457 e. The fourth-order valence-electron chi connectivity index (χ4n) is 3.39. The molecule has 4 rings (SSSR count). The Balaban J connectivity index is 1.44. The van der Waals surface area contributed by atoms with Crippen LogP contribution in [0.5, 0.6) is 11.5 Å². The number of para-hydroxylation sites is 1. The minimum atomic E-state index is 0.133. The van der Waals surface area contributed by atoms with Gasteiger partial charge in [0.2, 0.25) is 0 Å². The molecule has 3 heteroatoms. The van der Waals surface area contributed by atoms with E-state index in [-0.39, 0.29) is 6.10 Å². The van der Waals surface area contributed by atoms with E-state index in [1.54, 1.807) is 0 Å². The van der Waals surface area contributed by atoms with Gasteiger partial charge in [-0.05, 0) is 61.4 Å². The third kappa shape index (κ3) is 3.19. The largest absolute Gasteiger partial charge is 0.457 e. The zero-order chi connectivity index (χ0) is 16.6. The molecule has 0 bridgehead atoms. The van der Waals surface area contributed by atoms with E-state index in [9.17, 15) is 0 Å². The Morgan fingerprint density at radius 2 is 1.83 bits per heavy atom. The SMILES string of the molecule is CC(N1CCC(c2cccc(Oc3ccccc3)c2)O1)C1(C)CC1. The number of hydrogen-bond acceptors (Lipinski definition) is 3. The van der Waals surface area contributed by atoms with Crippen LogP contribution in [-0.4, -0.2) is 17.6 Å². The Labute approximate surface area is 144 Å². The highest BCUT2D eigenvalue weighted by Gasteiger charge is 2.47. The van der Waals surface area contributed by atoms with Crippen molar-refractivity contribution in [3.63, 3.8) is 0 Å². The smallest absolute Gasteiger partial charge is 0.127 e. The van der Waals surface area contributed by atoms with Crippen LogP contribution in [0.3, 0.4) is 0 Å². The summed E-state index contributed by atoms with van der Waals surface area (Å²) in [7, 11) is 0. The molecule has 1 heterocycles. The van der Waals surface area contributed by atoms with Crippen molar-refractivity contribution in [1.29, 1.82) is 0 Å². The van der Waals surface area contributed by atoms with Gasteiger partial charge in [0, 0.05) is 12.6 Å². The quantitative estimate of drug-likeness (QED) is 0.740. The lowest BCUT2D eigenvalue weighted by Gasteiger charge is -2.28. The van der Waals surface area contributed by atoms with Gasteiger partial charge in [-0.15, -0.1) is 0 Å². The molecule has 1 aliphatic heterocycles. The molecule has 0 amide bonds. The first-order chi connectivity index (χ1) is 11.6. The van der Waals surface area contributed by atoms with E-state index < -0.39 is 0 Å². The molecule has 0 aromatic heterocycles. The zero-order valence-electron chi connectivity index (χ0n) is 14.4. The van der Waals surface area contributed by atoms with E-state index in [0.717, 1.165) is 24.5 Å². The molecule has 2 aromatic carbocycles. The molecule has 2 unspecified atom stereocenters. The van der Waals surface area contributed by atoms with Gasteiger partial charge in [0.1, 0.15) is 17.6 Å². The predicted molar refractivity (Wildman–Crippen MR) is 94.9 cm³/mol. The number of rotatable bonds is 5. The zero-order valence-corrected chi connectivity index (χ0v) is 14.4. The molecule has 1 saturated carbocycles. The molecule has 0 N–H and O–H groups in total. The number of hydroxylamine groups is 2. The van der Waals surface area contributed by atoms with Crippen LogP contribution in [0.2, 0.25) is 0 Å². The van der Waals surface area contributed by atoms with Gasteiger partial charge in [-0.25, -0.2) is 0 Å². The van der Waals surface area contributed by atoms with Gasteiger partial charge in [0.15, 0.2) is 0 Å². The van der Waals surface area contributed by atoms with Gasteiger partial charge in [0.25, 0.3) is 0 Å². The van der Waals surface area contributed by atoms with Crippen molar-refractivity contribution in [2.75, 3.05) is 6.54 Å². The molecule has 2 atom stereocenters. The standard InChI is InChI=1S/C21H25NO2/c1-16(21(2)12-13-21)22-14-11-20(24-22)17-7-6-10-19(15-17)23-18-8-4-3-5-9-18/h3-10,15-16,20H,11-14H2,1-2H3. The molecule has 0 radical (unpaired) electrons. The van der Waals surface area contributed by atoms with Crippen LogP contribution >= 0.6 is 0 Å². The fraction of sp³-hybridized carbons (Fsp3) is 0.429.